The lowest BCUT2D eigenvalue weighted by molar-refractivity contribution is -0.119. The molecule has 0 aliphatic carbocycles. The van der Waals surface area contributed by atoms with E-state index in [1.165, 1.54) is 5.56 Å². The van der Waals surface area contributed by atoms with Gasteiger partial charge < -0.3 is 20.9 Å². The Labute approximate surface area is 151 Å². The van der Waals surface area contributed by atoms with Crippen molar-refractivity contribution in [3.63, 3.8) is 0 Å². The number of likely N-dealkylation sites (tertiary alicyclic amines) is 1. The summed E-state index contributed by atoms with van der Waals surface area (Å²) in [6.07, 6.45) is 2.61. The first-order valence-electron chi connectivity index (χ1n) is 9.05. The van der Waals surface area contributed by atoms with E-state index >= 15 is 0 Å². The molecule has 3 N–H and O–H groups in total. The monoisotopic (exact) mass is 345 g/mol. The molecule has 0 spiro atoms. The highest BCUT2D eigenvalue weighted by atomic mass is 16.1. The standard InChI is InChI=1S/C19H31N5O/c1-21-19(24-11-6-9-17(15-24)13-18(20)25)22-10-12-23(2)14-16-7-4-3-5-8-16/h3-5,7-8,17H,6,9-15H2,1-2H3,(H2,20,25)(H,21,22). The smallest absolute Gasteiger partial charge is 0.217 e. The summed E-state index contributed by atoms with van der Waals surface area (Å²) < 4.78 is 0. The second-order valence-corrected chi connectivity index (χ2v) is 6.82. The summed E-state index contributed by atoms with van der Waals surface area (Å²) in [6, 6.07) is 10.5. The average Bonchev–Trinajstić information content (AvgIpc) is 2.59. The van der Waals surface area contributed by atoms with Gasteiger partial charge >= 0.3 is 0 Å². The molecule has 1 aliphatic rings. The molecule has 1 unspecified atom stereocenters. The average molecular weight is 345 g/mol. The molecule has 2 rings (SSSR count). The van der Waals surface area contributed by atoms with Gasteiger partial charge in [0.2, 0.25) is 5.91 Å². The zero-order valence-electron chi connectivity index (χ0n) is 15.4. The number of likely N-dealkylation sites (N-methyl/N-ethyl adjacent to an activating group) is 1. The molecule has 25 heavy (non-hydrogen) atoms. The van der Waals surface area contributed by atoms with Crippen LogP contribution in [-0.4, -0.2) is 61.9 Å². The predicted molar refractivity (Wildman–Crippen MR) is 102 cm³/mol. The van der Waals surface area contributed by atoms with Crippen molar-refractivity contribution in [2.24, 2.45) is 16.6 Å². The van der Waals surface area contributed by atoms with Crippen molar-refractivity contribution >= 4 is 11.9 Å². The number of nitrogens with zero attached hydrogens (tertiary/aromatic N) is 3. The maximum atomic E-state index is 11.2. The topological polar surface area (TPSA) is 74.0 Å². The SMILES string of the molecule is CN=C(NCCN(C)Cc1ccccc1)N1CCCC(CC(N)=O)C1. The zero-order valence-corrected chi connectivity index (χ0v) is 15.4. The van der Waals surface area contributed by atoms with Crippen LogP contribution in [0.1, 0.15) is 24.8 Å². The van der Waals surface area contributed by atoms with E-state index in [9.17, 15) is 4.79 Å². The van der Waals surface area contributed by atoms with Gasteiger partial charge in [-0.2, -0.15) is 0 Å². The van der Waals surface area contributed by atoms with E-state index in [0.717, 1.165) is 51.5 Å². The first kappa shape index (κ1) is 19.2. The Balaban J connectivity index is 1.75. The number of guanidine groups is 1. The molecule has 1 amide bonds. The quantitative estimate of drug-likeness (QED) is 0.577. The molecule has 1 fully saturated rings. The Hall–Kier alpha value is -2.08. The fraction of sp³-hybridized carbons (Fsp3) is 0.579. The van der Waals surface area contributed by atoms with Gasteiger partial charge in [0, 0.05) is 46.2 Å². The number of nitrogens with two attached hydrogens (primary N) is 1. The number of hydrogen-bond acceptors (Lipinski definition) is 3. The Morgan fingerprint density at radius 2 is 2.16 bits per heavy atom. The molecule has 6 heteroatoms. The highest BCUT2D eigenvalue weighted by Crippen LogP contribution is 2.19. The molecule has 1 aromatic rings. The van der Waals surface area contributed by atoms with Gasteiger partial charge in [0.05, 0.1) is 0 Å². The van der Waals surface area contributed by atoms with Crippen molar-refractivity contribution < 1.29 is 4.79 Å². The zero-order chi connectivity index (χ0) is 18.1. The second-order valence-electron chi connectivity index (χ2n) is 6.82. The molecule has 1 saturated heterocycles. The third kappa shape index (κ3) is 6.74. The highest BCUT2D eigenvalue weighted by molar-refractivity contribution is 5.80. The molecule has 1 aliphatic heterocycles. The molecular weight excluding hydrogens is 314 g/mol. The van der Waals surface area contributed by atoms with Crippen LogP contribution >= 0.6 is 0 Å². The number of primary amides is 1. The van der Waals surface area contributed by atoms with Crippen molar-refractivity contribution in [1.29, 1.82) is 0 Å². The number of nitrogens with one attached hydrogen (secondary N) is 1. The Morgan fingerprint density at radius 3 is 2.84 bits per heavy atom. The van der Waals surface area contributed by atoms with E-state index in [2.05, 4.69) is 51.4 Å². The minimum absolute atomic E-state index is 0.211. The summed E-state index contributed by atoms with van der Waals surface area (Å²) in [5.74, 6) is 1.05. The van der Waals surface area contributed by atoms with Crippen LogP contribution in [0, 0.1) is 5.92 Å². The first-order valence-corrected chi connectivity index (χ1v) is 9.05. The normalized spacial score (nSPS) is 18.4. The molecular formula is C19H31N5O. The number of amides is 1. The van der Waals surface area contributed by atoms with Crippen LogP contribution in [0.25, 0.3) is 0 Å². The number of aliphatic imine (C=N–C) groups is 1. The maximum absolute atomic E-state index is 11.2. The van der Waals surface area contributed by atoms with Crippen LogP contribution < -0.4 is 11.1 Å². The van der Waals surface area contributed by atoms with E-state index < -0.39 is 0 Å². The number of rotatable bonds is 7. The Kier molecular flexibility index (Phi) is 7.73. The summed E-state index contributed by atoms with van der Waals surface area (Å²) in [5.41, 5.74) is 6.66. The summed E-state index contributed by atoms with van der Waals surface area (Å²) in [7, 11) is 3.94. The first-order chi connectivity index (χ1) is 12.1. The fourth-order valence-corrected chi connectivity index (χ4v) is 3.37. The fourth-order valence-electron chi connectivity index (χ4n) is 3.37. The number of benzene rings is 1. The minimum atomic E-state index is -0.211. The molecule has 0 saturated carbocycles. The molecule has 1 heterocycles. The number of carbonyl (C=O) groups excluding carboxylic acids is 1. The van der Waals surface area contributed by atoms with Crippen molar-refractivity contribution in [2.75, 3.05) is 40.3 Å². The van der Waals surface area contributed by atoms with Crippen LogP contribution in [0.5, 0.6) is 0 Å². The third-order valence-electron chi connectivity index (χ3n) is 4.59. The lowest BCUT2D eigenvalue weighted by Gasteiger charge is -2.34. The van der Waals surface area contributed by atoms with Crippen LogP contribution in [0.2, 0.25) is 0 Å². The van der Waals surface area contributed by atoms with Gasteiger partial charge in [-0.3, -0.25) is 9.79 Å². The lowest BCUT2D eigenvalue weighted by Crippen LogP contribution is -2.48. The molecule has 6 nitrogen and oxygen atoms in total. The van der Waals surface area contributed by atoms with Crippen LogP contribution in [0.4, 0.5) is 0 Å². The number of carbonyl (C=O) groups is 1. The Morgan fingerprint density at radius 1 is 1.40 bits per heavy atom. The van der Waals surface area contributed by atoms with E-state index in [1.807, 2.05) is 13.1 Å². The summed E-state index contributed by atoms with van der Waals surface area (Å²) >= 11 is 0. The van der Waals surface area contributed by atoms with Gasteiger partial charge in [-0.05, 0) is 31.4 Å². The van der Waals surface area contributed by atoms with Gasteiger partial charge in [0.25, 0.3) is 0 Å². The van der Waals surface area contributed by atoms with Gasteiger partial charge in [-0.15, -0.1) is 0 Å². The molecule has 0 radical (unpaired) electrons. The molecule has 0 aromatic heterocycles. The summed E-state index contributed by atoms with van der Waals surface area (Å²) in [6.45, 7) is 4.54. The molecule has 0 bridgehead atoms. The lowest BCUT2D eigenvalue weighted by atomic mass is 9.95. The van der Waals surface area contributed by atoms with Crippen LogP contribution in [0.3, 0.4) is 0 Å². The highest BCUT2D eigenvalue weighted by Gasteiger charge is 2.23. The summed E-state index contributed by atoms with van der Waals surface area (Å²) in [4.78, 5) is 20.1. The van der Waals surface area contributed by atoms with E-state index in [-0.39, 0.29) is 5.91 Å². The largest absolute Gasteiger partial charge is 0.370 e. The van der Waals surface area contributed by atoms with Crippen LogP contribution in [0.15, 0.2) is 35.3 Å². The predicted octanol–water partition coefficient (Wildman–Crippen LogP) is 1.28. The maximum Gasteiger partial charge on any atom is 0.217 e. The summed E-state index contributed by atoms with van der Waals surface area (Å²) in [5, 5.41) is 3.45. The van der Waals surface area contributed by atoms with Gasteiger partial charge in [0.1, 0.15) is 0 Å². The van der Waals surface area contributed by atoms with Crippen molar-refractivity contribution in [1.82, 2.24) is 15.1 Å². The third-order valence-corrected chi connectivity index (χ3v) is 4.59. The van der Waals surface area contributed by atoms with Gasteiger partial charge in [0.15, 0.2) is 5.96 Å². The minimum Gasteiger partial charge on any atom is -0.370 e. The van der Waals surface area contributed by atoms with Gasteiger partial charge in [-0.1, -0.05) is 30.3 Å². The van der Waals surface area contributed by atoms with Crippen molar-refractivity contribution in [2.45, 2.75) is 25.8 Å². The van der Waals surface area contributed by atoms with E-state index in [1.54, 1.807) is 0 Å². The van der Waals surface area contributed by atoms with E-state index in [0.29, 0.717) is 12.3 Å². The number of piperidine rings is 1. The number of hydrogen-bond donors (Lipinski definition) is 2. The van der Waals surface area contributed by atoms with E-state index in [4.69, 9.17) is 5.73 Å². The molecule has 138 valence electrons. The van der Waals surface area contributed by atoms with Gasteiger partial charge in [-0.25, -0.2) is 0 Å². The Bertz CT molecular complexity index is 560. The molecule has 1 atom stereocenters. The van der Waals surface area contributed by atoms with Crippen molar-refractivity contribution in [3.05, 3.63) is 35.9 Å². The van der Waals surface area contributed by atoms with Crippen molar-refractivity contribution in [3.8, 4) is 0 Å². The van der Waals surface area contributed by atoms with Crippen LogP contribution in [-0.2, 0) is 11.3 Å². The second kappa shape index (κ2) is 10.0. The molecule has 1 aromatic carbocycles.